The van der Waals surface area contributed by atoms with Crippen molar-refractivity contribution in [2.24, 2.45) is 0 Å². The predicted molar refractivity (Wildman–Crippen MR) is 101 cm³/mol. The average Bonchev–Trinajstić information content (AvgIpc) is 3.10. The number of carbonyl (C=O) groups excluding carboxylic acids is 1. The summed E-state index contributed by atoms with van der Waals surface area (Å²) in [6, 6.07) is 13.1. The van der Waals surface area contributed by atoms with Gasteiger partial charge < -0.3 is 15.3 Å². The second kappa shape index (κ2) is 6.48. The Labute approximate surface area is 149 Å². The molecule has 26 heavy (non-hydrogen) atoms. The number of pyridine rings is 1. The van der Waals surface area contributed by atoms with Crippen LogP contribution in [0.25, 0.3) is 21.9 Å². The smallest absolute Gasteiger partial charge is 0.251 e. The van der Waals surface area contributed by atoms with Gasteiger partial charge in [-0.15, -0.1) is 0 Å². The van der Waals surface area contributed by atoms with E-state index in [1.807, 2.05) is 31.2 Å². The topological polar surface area (TPSA) is 90.6 Å². The predicted octanol–water partition coefficient (Wildman–Crippen LogP) is 2.69. The van der Waals surface area contributed by atoms with Crippen molar-refractivity contribution in [3.8, 4) is 0 Å². The highest BCUT2D eigenvalue weighted by Crippen LogP contribution is 2.14. The van der Waals surface area contributed by atoms with Crippen LogP contribution in [0.5, 0.6) is 0 Å². The zero-order valence-corrected chi connectivity index (χ0v) is 14.3. The van der Waals surface area contributed by atoms with E-state index >= 15 is 0 Å². The maximum absolute atomic E-state index is 12.3. The van der Waals surface area contributed by atoms with Crippen molar-refractivity contribution in [3.05, 3.63) is 75.8 Å². The van der Waals surface area contributed by atoms with E-state index in [9.17, 15) is 9.59 Å². The van der Waals surface area contributed by atoms with E-state index in [2.05, 4.69) is 20.3 Å². The van der Waals surface area contributed by atoms with Gasteiger partial charge in [-0.2, -0.15) is 0 Å². The Hall–Kier alpha value is -3.41. The second-order valence-electron chi connectivity index (χ2n) is 6.35. The van der Waals surface area contributed by atoms with Crippen LogP contribution in [0.2, 0.25) is 0 Å². The molecule has 0 unspecified atom stereocenters. The van der Waals surface area contributed by atoms with Gasteiger partial charge in [-0.1, -0.05) is 11.6 Å². The molecular weight excluding hydrogens is 328 g/mol. The Kier molecular flexibility index (Phi) is 4.01. The summed E-state index contributed by atoms with van der Waals surface area (Å²) < 4.78 is 0. The molecule has 130 valence electrons. The van der Waals surface area contributed by atoms with Crippen LogP contribution in [0.15, 0.2) is 53.6 Å². The van der Waals surface area contributed by atoms with Gasteiger partial charge in [0.1, 0.15) is 0 Å². The Balaban J connectivity index is 1.47. The van der Waals surface area contributed by atoms with Crippen LogP contribution in [0.3, 0.4) is 0 Å². The lowest BCUT2D eigenvalue weighted by atomic mass is 10.1. The number of nitrogens with zero attached hydrogens (tertiary/aromatic N) is 1. The number of amides is 1. The highest BCUT2D eigenvalue weighted by atomic mass is 16.1. The van der Waals surface area contributed by atoms with Crippen LogP contribution in [-0.2, 0) is 6.42 Å². The van der Waals surface area contributed by atoms with E-state index in [4.69, 9.17) is 0 Å². The molecular formula is C20H18N4O2. The minimum Gasteiger partial charge on any atom is -0.352 e. The van der Waals surface area contributed by atoms with Crippen LogP contribution in [0, 0.1) is 6.92 Å². The first-order valence-electron chi connectivity index (χ1n) is 8.44. The van der Waals surface area contributed by atoms with E-state index in [1.54, 1.807) is 24.5 Å². The number of aromatic nitrogens is 3. The molecule has 0 bridgehead atoms. The molecule has 6 heteroatoms. The first-order valence-corrected chi connectivity index (χ1v) is 8.44. The van der Waals surface area contributed by atoms with E-state index in [0.717, 1.165) is 27.5 Å². The summed E-state index contributed by atoms with van der Waals surface area (Å²) in [4.78, 5) is 34.5. The molecule has 0 saturated carbocycles. The lowest BCUT2D eigenvalue weighted by Gasteiger charge is -2.07. The molecule has 0 saturated heterocycles. The third-order valence-corrected chi connectivity index (χ3v) is 4.44. The molecule has 2 aromatic heterocycles. The maximum atomic E-state index is 12.3. The summed E-state index contributed by atoms with van der Waals surface area (Å²) in [5.74, 6) is -0.172. The van der Waals surface area contributed by atoms with E-state index in [1.165, 1.54) is 0 Å². The van der Waals surface area contributed by atoms with Crippen molar-refractivity contribution in [1.29, 1.82) is 0 Å². The molecule has 4 aromatic rings. The molecule has 0 atom stereocenters. The van der Waals surface area contributed by atoms with Crippen LogP contribution in [0.4, 0.5) is 0 Å². The number of H-pyrrole nitrogens is 2. The summed E-state index contributed by atoms with van der Waals surface area (Å²) in [5.41, 5.74) is 4.70. The molecule has 0 fully saturated rings. The highest BCUT2D eigenvalue weighted by Gasteiger charge is 2.08. The number of rotatable bonds is 4. The summed E-state index contributed by atoms with van der Waals surface area (Å²) in [6.07, 6.45) is 2.07. The molecule has 0 spiro atoms. The van der Waals surface area contributed by atoms with Gasteiger partial charge in [0.05, 0.1) is 17.4 Å². The Morgan fingerprint density at radius 2 is 2.00 bits per heavy atom. The van der Waals surface area contributed by atoms with Crippen molar-refractivity contribution >= 4 is 27.8 Å². The highest BCUT2D eigenvalue weighted by molar-refractivity contribution is 5.97. The molecule has 4 rings (SSSR count). The number of aromatic amines is 2. The monoisotopic (exact) mass is 346 g/mol. The summed E-state index contributed by atoms with van der Waals surface area (Å²) in [6.45, 7) is 2.40. The van der Waals surface area contributed by atoms with Crippen LogP contribution in [-0.4, -0.2) is 27.4 Å². The van der Waals surface area contributed by atoms with Crippen LogP contribution in [0.1, 0.15) is 21.5 Å². The van der Waals surface area contributed by atoms with Gasteiger partial charge in [0.25, 0.3) is 11.5 Å². The third kappa shape index (κ3) is 3.09. The SMILES string of the molecule is Cc1ccc2[nH]c(=O)c(CCNC(=O)c3ccc4nc[nH]c4c3)cc2c1. The van der Waals surface area contributed by atoms with E-state index in [0.29, 0.717) is 24.1 Å². The van der Waals surface area contributed by atoms with Gasteiger partial charge in [0.2, 0.25) is 0 Å². The minimum absolute atomic E-state index is 0.116. The van der Waals surface area contributed by atoms with Gasteiger partial charge in [-0.3, -0.25) is 9.59 Å². The van der Waals surface area contributed by atoms with Gasteiger partial charge in [0.15, 0.2) is 0 Å². The van der Waals surface area contributed by atoms with Crippen molar-refractivity contribution in [1.82, 2.24) is 20.3 Å². The maximum Gasteiger partial charge on any atom is 0.251 e. The molecule has 0 radical (unpaired) electrons. The van der Waals surface area contributed by atoms with Crippen LogP contribution < -0.4 is 10.9 Å². The number of hydrogen-bond donors (Lipinski definition) is 3. The lowest BCUT2D eigenvalue weighted by Crippen LogP contribution is -2.27. The molecule has 6 nitrogen and oxygen atoms in total. The molecule has 1 amide bonds. The molecule has 3 N–H and O–H groups in total. The number of imidazole rings is 1. The molecule has 0 aliphatic rings. The van der Waals surface area contributed by atoms with E-state index < -0.39 is 0 Å². The van der Waals surface area contributed by atoms with Gasteiger partial charge >= 0.3 is 0 Å². The third-order valence-electron chi connectivity index (χ3n) is 4.44. The van der Waals surface area contributed by atoms with Gasteiger partial charge in [-0.05, 0) is 55.1 Å². The number of aryl methyl sites for hydroxylation is 1. The van der Waals surface area contributed by atoms with Gasteiger partial charge in [0, 0.05) is 23.2 Å². The Morgan fingerprint density at radius 3 is 2.88 bits per heavy atom. The Bertz CT molecular complexity index is 1170. The first-order chi connectivity index (χ1) is 12.6. The molecule has 2 aromatic carbocycles. The van der Waals surface area contributed by atoms with Crippen molar-refractivity contribution in [2.75, 3.05) is 6.54 Å². The van der Waals surface area contributed by atoms with Crippen molar-refractivity contribution in [3.63, 3.8) is 0 Å². The number of nitrogens with one attached hydrogen (secondary N) is 3. The number of benzene rings is 2. The normalized spacial score (nSPS) is 11.1. The Morgan fingerprint density at radius 1 is 1.12 bits per heavy atom. The zero-order chi connectivity index (χ0) is 18.1. The number of hydrogen-bond acceptors (Lipinski definition) is 3. The fourth-order valence-electron chi connectivity index (χ4n) is 3.05. The fourth-order valence-corrected chi connectivity index (χ4v) is 3.05. The zero-order valence-electron chi connectivity index (χ0n) is 14.3. The van der Waals surface area contributed by atoms with Crippen molar-refractivity contribution < 1.29 is 4.79 Å². The van der Waals surface area contributed by atoms with Gasteiger partial charge in [-0.25, -0.2) is 4.98 Å². The van der Waals surface area contributed by atoms with Crippen molar-refractivity contribution in [2.45, 2.75) is 13.3 Å². The standard InChI is InChI=1S/C20H18N4O2/c1-12-2-4-16-15(8-12)9-14(20(26)24-16)6-7-21-19(25)13-3-5-17-18(10-13)23-11-22-17/h2-5,8-11H,6-7H2,1H3,(H,21,25)(H,22,23)(H,24,26). The number of fused-ring (bicyclic) bond motifs is 2. The number of carbonyl (C=O) groups is 1. The first kappa shape index (κ1) is 16.1. The second-order valence-corrected chi connectivity index (χ2v) is 6.35. The summed E-state index contributed by atoms with van der Waals surface area (Å²) in [7, 11) is 0. The summed E-state index contributed by atoms with van der Waals surface area (Å²) >= 11 is 0. The molecule has 0 aliphatic carbocycles. The van der Waals surface area contributed by atoms with Crippen LogP contribution >= 0.6 is 0 Å². The minimum atomic E-state index is -0.172. The van der Waals surface area contributed by atoms with E-state index in [-0.39, 0.29) is 11.5 Å². The lowest BCUT2D eigenvalue weighted by molar-refractivity contribution is 0.0954. The quantitative estimate of drug-likeness (QED) is 0.531. The average molecular weight is 346 g/mol. The fraction of sp³-hybridized carbons (Fsp3) is 0.150. The largest absolute Gasteiger partial charge is 0.352 e. The molecule has 2 heterocycles. The summed E-state index contributed by atoms with van der Waals surface area (Å²) in [5, 5.41) is 3.86. The molecule has 0 aliphatic heterocycles.